The second kappa shape index (κ2) is 8.54. The van der Waals surface area contributed by atoms with Gasteiger partial charge in [-0.25, -0.2) is 13.4 Å². The molecule has 4 rings (SSSR count). The molecule has 1 aliphatic heterocycles. The van der Waals surface area contributed by atoms with Gasteiger partial charge in [-0.3, -0.25) is 9.78 Å². The molecule has 9 heteroatoms. The minimum Gasteiger partial charge on any atom is -0.383 e. The maximum absolute atomic E-state index is 13.1. The van der Waals surface area contributed by atoms with E-state index in [0.29, 0.717) is 37.3 Å². The van der Waals surface area contributed by atoms with Crippen LogP contribution in [0.3, 0.4) is 0 Å². The molecule has 0 spiro atoms. The minimum absolute atomic E-state index is 0.0978. The molecule has 0 bridgehead atoms. The van der Waals surface area contributed by atoms with Crippen molar-refractivity contribution >= 4 is 21.6 Å². The zero-order chi connectivity index (χ0) is 22.0. The summed E-state index contributed by atoms with van der Waals surface area (Å²) in [6, 6.07) is 13.3. The van der Waals surface area contributed by atoms with Crippen LogP contribution in [0.15, 0.2) is 65.8 Å². The van der Waals surface area contributed by atoms with Crippen LogP contribution in [0.2, 0.25) is 0 Å². The van der Waals surface area contributed by atoms with Gasteiger partial charge in [-0.2, -0.15) is 4.31 Å². The molecule has 2 N–H and O–H groups in total. The van der Waals surface area contributed by atoms with E-state index in [1.807, 2.05) is 7.05 Å². The molecule has 8 nitrogen and oxygen atoms in total. The number of nitrogens with two attached hydrogens (primary N) is 1. The molecule has 2 aromatic heterocycles. The molecule has 0 radical (unpaired) electrons. The van der Waals surface area contributed by atoms with E-state index in [4.69, 9.17) is 5.73 Å². The topological polar surface area (TPSA) is 109 Å². The Bertz CT molecular complexity index is 1210. The summed E-state index contributed by atoms with van der Waals surface area (Å²) in [5.41, 5.74) is 7.67. The average molecular weight is 438 g/mol. The lowest BCUT2D eigenvalue weighted by Gasteiger charge is -2.31. The third-order valence-electron chi connectivity index (χ3n) is 5.33. The van der Waals surface area contributed by atoms with E-state index in [-0.39, 0.29) is 27.8 Å². The molecular weight excluding hydrogens is 414 g/mol. The van der Waals surface area contributed by atoms with Crippen LogP contribution in [-0.4, -0.2) is 66.6 Å². The Balaban J connectivity index is 1.68. The molecular formula is C22H23N5O3S. The highest BCUT2D eigenvalue weighted by Gasteiger charge is 2.27. The van der Waals surface area contributed by atoms with Crippen molar-refractivity contribution in [2.45, 2.75) is 4.90 Å². The Morgan fingerprint density at radius 1 is 0.968 bits per heavy atom. The van der Waals surface area contributed by atoms with Gasteiger partial charge in [-0.05, 0) is 42.9 Å². The first-order valence-corrected chi connectivity index (χ1v) is 11.3. The molecule has 1 aromatic carbocycles. The van der Waals surface area contributed by atoms with E-state index in [2.05, 4.69) is 14.9 Å². The number of hydrogen-bond donors (Lipinski definition) is 1. The number of nitrogen functional groups attached to an aromatic ring is 1. The Kier molecular flexibility index (Phi) is 5.81. The third kappa shape index (κ3) is 4.34. The van der Waals surface area contributed by atoms with Gasteiger partial charge in [0.05, 0.1) is 10.5 Å². The van der Waals surface area contributed by atoms with Gasteiger partial charge in [-0.15, -0.1) is 0 Å². The number of pyridine rings is 2. The van der Waals surface area contributed by atoms with Gasteiger partial charge in [0.2, 0.25) is 15.8 Å². The van der Waals surface area contributed by atoms with Gasteiger partial charge >= 0.3 is 0 Å². The molecule has 0 amide bonds. The van der Waals surface area contributed by atoms with Crippen molar-refractivity contribution in [1.82, 2.24) is 19.2 Å². The lowest BCUT2D eigenvalue weighted by Crippen LogP contribution is -2.47. The van der Waals surface area contributed by atoms with E-state index >= 15 is 0 Å². The van der Waals surface area contributed by atoms with Gasteiger partial charge in [0.15, 0.2) is 0 Å². The Hall–Kier alpha value is -3.14. The van der Waals surface area contributed by atoms with Crippen molar-refractivity contribution in [3.05, 3.63) is 72.2 Å². The average Bonchev–Trinajstić information content (AvgIpc) is 2.80. The smallest absolute Gasteiger partial charge is 0.243 e. The van der Waals surface area contributed by atoms with E-state index in [0.717, 1.165) is 0 Å². The first-order chi connectivity index (χ1) is 14.9. The van der Waals surface area contributed by atoms with Crippen molar-refractivity contribution in [1.29, 1.82) is 0 Å². The number of aromatic nitrogens is 2. The highest BCUT2D eigenvalue weighted by Crippen LogP contribution is 2.27. The lowest BCUT2D eigenvalue weighted by molar-refractivity contribution is 0.103. The van der Waals surface area contributed by atoms with Gasteiger partial charge in [-0.1, -0.05) is 18.2 Å². The number of ketones is 1. The zero-order valence-corrected chi connectivity index (χ0v) is 17.9. The Labute approximate surface area is 181 Å². The zero-order valence-electron chi connectivity index (χ0n) is 17.1. The first-order valence-electron chi connectivity index (χ1n) is 9.86. The number of hydrogen-bond acceptors (Lipinski definition) is 7. The summed E-state index contributed by atoms with van der Waals surface area (Å²) in [7, 11) is -1.63. The second-order valence-corrected chi connectivity index (χ2v) is 9.37. The summed E-state index contributed by atoms with van der Waals surface area (Å²) in [6.07, 6.45) is 3.07. The molecule has 0 atom stereocenters. The number of sulfonamides is 1. The van der Waals surface area contributed by atoms with Crippen LogP contribution in [0.5, 0.6) is 0 Å². The predicted molar refractivity (Wildman–Crippen MR) is 118 cm³/mol. The fourth-order valence-electron chi connectivity index (χ4n) is 3.46. The number of likely N-dealkylation sites (N-methyl/N-ethyl adjacent to an activating group) is 1. The van der Waals surface area contributed by atoms with Crippen LogP contribution in [0.4, 0.5) is 5.82 Å². The molecule has 3 heterocycles. The number of benzene rings is 1. The summed E-state index contributed by atoms with van der Waals surface area (Å²) in [5.74, 6) is -0.241. The fourth-order valence-corrected chi connectivity index (χ4v) is 4.93. The molecule has 0 saturated carbocycles. The number of anilines is 1. The fraction of sp³-hybridized carbons (Fsp3) is 0.227. The van der Waals surface area contributed by atoms with E-state index in [1.165, 1.54) is 16.7 Å². The molecule has 160 valence electrons. The second-order valence-electron chi connectivity index (χ2n) is 7.44. The van der Waals surface area contributed by atoms with Gasteiger partial charge in [0, 0.05) is 44.1 Å². The number of nitrogens with zero attached hydrogens (tertiary/aromatic N) is 4. The van der Waals surface area contributed by atoms with Crippen LogP contribution < -0.4 is 5.73 Å². The van der Waals surface area contributed by atoms with Crippen LogP contribution in [0.25, 0.3) is 11.1 Å². The SMILES string of the molecule is CN1CCN(S(=O)(=O)c2cccc(-c3cnc(N)c(C(=O)c4ccccn4)c3)c2)CC1. The maximum Gasteiger partial charge on any atom is 0.243 e. The molecule has 3 aromatic rings. The van der Waals surface area contributed by atoms with Crippen LogP contribution in [0.1, 0.15) is 16.1 Å². The normalized spacial score (nSPS) is 15.6. The Morgan fingerprint density at radius 3 is 2.45 bits per heavy atom. The number of rotatable bonds is 5. The summed E-state index contributed by atoms with van der Waals surface area (Å²) < 4.78 is 27.7. The minimum atomic E-state index is -3.61. The molecule has 0 aliphatic carbocycles. The summed E-state index contributed by atoms with van der Waals surface area (Å²) in [5, 5.41) is 0. The molecule has 1 aliphatic rings. The maximum atomic E-state index is 13.1. The molecule has 1 saturated heterocycles. The van der Waals surface area contributed by atoms with Crippen molar-refractivity contribution in [3.63, 3.8) is 0 Å². The van der Waals surface area contributed by atoms with E-state index in [1.54, 1.807) is 48.5 Å². The predicted octanol–water partition coefficient (Wildman–Crippen LogP) is 1.89. The van der Waals surface area contributed by atoms with Crippen LogP contribution in [-0.2, 0) is 10.0 Å². The standard InChI is InChI=1S/C22H23N5O3S/c1-26-9-11-27(12-10-26)31(29,30)18-6-4-5-16(13-18)17-14-19(22(23)25-15-17)21(28)20-7-2-3-8-24-20/h2-8,13-15H,9-12H2,1H3,(H2,23,25). The third-order valence-corrected chi connectivity index (χ3v) is 7.22. The monoisotopic (exact) mass is 437 g/mol. The lowest BCUT2D eigenvalue weighted by atomic mass is 10.0. The first kappa shape index (κ1) is 21.1. The van der Waals surface area contributed by atoms with Gasteiger partial charge in [0.1, 0.15) is 11.5 Å². The van der Waals surface area contributed by atoms with E-state index < -0.39 is 10.0 Å². The highest BCUT2D eigenvalue weighted by atomic mass is 32.2. The largest absolute Gasteiger partial charge is 0.383 e. The van der Waals surface area contributed by atoms with Crippen molar-refractivity contribution in [2.24, 2.45) is 0 Å². The molecule has 31 heavy (non-hydrogen) atoms. The number of carbonyl (C=O) groups excluding carboxylic acids is 1. The van der Waals surface area contributed by atoms with Crippen molar-refractivity contribution in [2.75, 3.05) is 39.0 Å². The van der Waals surface area contributed by atoms with E-state index in [9.17, 15) is 13.2 Å². The Morgan fingerprint density at radius 2 is 1.74 bits per heavy atom. The van der Waals surface area contributed by atoms with Crippen molar-refractivity contribution in [3.8, 4) is 11.1 Å². The quantitative estimate of drug-likeness (QED) is 0.607. The summed E-state index contributed by atoms with van der Waals surface area (Å²) >= 11 is 0. The highest BCUT2D eigenvalue weighted by molar-refractivity contribution is 7.89. The van der Waals surface area contributed by atoms with Crippen LogP contribution in [0, 0.1) is 0 Å². The van der Waals surface area contributed by atoms with Crippen molar-refractivity contribution < 1.29 is 13.2 Å². The molecule has 1 fully saturated rings. The van der Waals surface area contributed by atoms with Gasteiger partial charge in [0.25, 0.3) is 0 Å². The summed E-state index contributed by atoms with van der Waals surface area (Å²) in [6.45, 7) is 2.30. The number of carbonyl (C=O) groups is 1. The van der Waals surface area contributed by atoms with Gasteiger partial charge < -0.3 is 10.6 Å². The summed E-state index contributed by atoms with van der Waals surface area (Å²) in [4.78, 5) is 23.4. The number of piperazine rings is 1. The van der Waals surface area contributed by atoms with Crippen LogP contribution >= 0.6 is 0 Å². The molecule has 0 unspecified atom stereocenters.